The number of methoxy groups -OCH3 is 1. The number of fused-ring (bicyclic) bond motifs is 1. The van der Waals surface area contributed by atoms with Gasteiger partial charge in [-0.2, -0.15) is 4.31 Å². The second-order valence-corrected chi connectivity index (χ2v) is 6.43. The Kier molecular flexibility index (Phi) is 3.78. The number of carbonyl (C=O) groups is 2. The average molecular weight is 298 g/mol. The molecule has 0 fully saturated rings. The molecule has 1 aromatic rings. The largest absolute Gasteiger partial charge is 0.468 e. The fraction of sp³-hybridized carbons (Fsp3) is 0.333. The number of benzene rings is 1. The van der Waals surface area contributed by atoms with E-state index in [4.69, 9.17) is 0 Å². The number of hydrogen-bond donors (Lipinski definition) is 1. The molecule has 0 atom stereocenters. The average Bonchev–Trinajstić information content (AvgIpc) is 2.77. The maximum Gasteiger partial charge on any atom is 0.321 e. The molecule has 1 aliphatic heterocycles. The van der Waals surface area contributed by atoms with E-state index in [1.165, 1.54) is 26.3 Å². The zero-order valence-electron chi connectivity index (χ0n) is 11.0. The summed E-state index contributed by atoms with van der Waals surface area (Å²) < 4.78 is 29.9. The second kappa shape index (κ2) is 5.22. The Labute approximate surface area is 116 Å². The first-order chi connectivity index (χ1) is 9.34. The molecular weight excluding hydrogens is 284 g/mol. The fourth-order valence-corrected chi connectivity index (χ4v) is 3.04. The van der Waals surface area contributed by atoms with Crippen molar-refractivity contribution in [1.29, 1.82) is 0 Å². The molecule has 0 saturated carbocycles. The predicted octanol–water partition coefficient (Wildman–Crippen LogP) is -0.0253. The third-order valence-electron chi connectivity index (χ3n) is 2.99. The van der Waals surface area contributed by atoms with Crippen LogP contribution in [0.5, 0.6) is 0 Å². The first-order valence-corrected chi connectivity index (χ1v) is 7.24. The number of nitrogens with one attached hydrogen (secondary N) is 1. The number of ether oxygens (including phenoxy) is 1. The van der Waals surface area contributed by atoms with E-state index in [-0.39, 0.29) is 23.8 Å². The molecule has 0 aromatic heterocycles. The van der Waals surface area contributed by atoms with Gasteiger partial charge in [0.25, 0.3) is 0 Å². The van der Waals surface area contributed by atoms with Crippen molar-refractivity contribution in [3.8, 4) is 0 Å². The first kappa shape index (κ1) is 14.5. The maximum atomic E-state index is 12.3. The van der Waals surface area contributed by atoms with Crippen LogP contribution in [-0.4, -0.2) is 45.3 Å². The fourth-order valence-electron chi connectivity index (χ4n) is 1.88. The summed E-state index contributed by atoms with van der Waals surface area (Å²) in [5, 5.41) is 2.63. The maximum absolute atomic E-state index is 12.3. The molecule has 0 radical (unpaired) electrons. The quantitative estimate of drug-likeness (QED) is 0.788. The van der Waals surface area contributed by atoms with Gasteiger partial charge in [-0.15, -0.1) is 0 Å². The Hall–Kier alpha value is -1.93. The molecule has 1 heterocycles. The van der Waals surface area contributed by atoms with Gasteiger partial charge in [0.2, 0.25) is 15.9 Å². The van der Waals surface area contributed by atoms with Crippen molar-refractivity contribution >= 4 is 27.6 Å². The number of carbonyl (C=O) groups excluding carboxylic acids is 2. The van der Waals surface area contributed by atoms with Crippen LogP contribution < -0.4 is 5.32 Å². The number of esters is 1. The van der Waals surface area contributed by atoms with Crippen molar-refractivity contribution in [2.75, 3.05) is 26.0 Å². The second-order valence-electron chi connectivity index (χ2n) is 4.38. The highest BCUT2D eigenvalue weighted by molar-refractivity contribution is 7.89. The molecule has 0 unspecified atom stereocenters. The summed E-state index contributed by atoms with van der Waals surface area (Å²) in [7, 11) is -1.31. The number of nitrogens with zero attached hydrogens (tertiary/aromatic N) is 1. The number of amides is 1. The molecule has 1 aromatic carbocycles. The van der Waals surface area contributed by atoms with Crippen LogP contribution in [0.3, 0.4) is 0 Å². The van der Waals surface area contributed by atoms with Crippen LogP contribution in [0.15, 0.2) is 23.1 Å². The monoisotopic (exact) mass is 298 g/mol. The SMILES string of the molecule is COC(=O)CN(C)S(=O)(=O)c1ccc2c(c1)CC(=O)N2. The lowest BCUT2D eigenvalue weighted by atomic mass is 10.2. The van der Waals surface area contributed by atoms with Crippen molar-refractivity contribution in [2.24, 2.45) is 0 Å². The Balaban J connectivity index is 2.29. The molecule has 0 bridgehead atoms. The zero-order valence-corrected chi connectivity index (χ0v) is 11.9. The molecule has 1 amide bonds. The summed E-state index contributed by atoms with van der Waals surface area (Å²) in [6.07, 6.45) is 0.152. The Morgan fingerprint density at radius 3 is 2.80 bits per heavy atom. The molecule has 7 nitrogen and oxygen atoms in total. The number of anilines is 1. The molecule has 2 rings (SSSR count). The third kappa shape index (κ3) is 2.66. The van der Waals surface area contributed by atoms with Gasteiger partial charge in [0.15, 0.2) is 0 Å². The topological polar surface area (TPSA) is 92.8 Å². The Bertz CT molecular complexity index is 668. The van der Waals surface area contributed by atoms with Gasteiger partial charge in [-0.3, -0.25) is 9.59 Å². The highest BCUT2D eigenvalue weighted by atomic mass is 32.2. The van der Waals surface area contributed by atoms with Gasteiger partial charge in [0, 0.05) is 12.7 Å². The summed E-state index contributed by atoms with van der Waals surface area (Å²) >= 11 is 0. The first-order valence-electron chi connectivity index (χ1n) is 5.80. The van der Waals surface area contributed by atoms with E-state index in [0.29, 0.717) is 11.3 Å². The van der Waals surface area contributed by atoms with E-state index in [9.17, 15) is 18.0 Å². The van der Waals surface area contributed by atoms with E-state index in [2.05, 4.69) is 10.1 Å². The van der Waals surface area contributed by atoms with Gasteiger partial charge in [0.05, 0.1) is 18.4 Å². The van der Waals surface area contributed by atoms with Crippen molar-refractivity contribution in [3.05, 3.63) is 23.8 Å². The standard InChI is InChI=1S/C12H14N2O5S/c1-14(7-12(16)19-2)20(17,18)9-3-4-10-8(5-9)6-11(15)13-10/h3-5H,6-7H2,1-2H3,(H,13,15). The molecular formula is C12H14N2O5S. The molecule has 108 valence electrons. The summed E-state index contributed by atoms with van der Waals surface area (Å²) in [6, 6.07) is 4.38. The van der Waals surface area contributed by atoms with Crippen LogP contribution >= 0.6 is 0 Å². The van der Waals surface area contributed by atoms with Gasteiger partial charge in [-0.25, -0.2) is 8.42 Å². The lowest BCUT2D eigenvalue weighted by molar-refractivity contribution is -0.140. The van der Waals surface area contributed by atoms with Crippen LogP contribution in [0.1, 0.15) is 5.56 Å². The zero-order chi connectivity index (χ0) is 14.9. The van der Waals surface area contributed by atoms with Gasteiger partial charge in [-0.1, -0.05) is 0 Å². The molecule has 20 heavy (non-hydrogen) atoms. The predicted molar refractivity (Wildman–Crippen MR) is 70.6 cm³/mol. The summed E-state index contributed by atoms with van der Waals surface area (Å²) in [5.74, 6) is -0.813. The molecule has 1 aliphatic rings. The summed E-state index contributed by atoms with van der Waals surface area (Å²) in [4.78, 5) is 22.4. The van der Waals surface area contributed by atoms with Crippen LogP contribution in [0.2, 0.25) is 0 Å². The molecule has 0 aliphatic carbocycles. The van der Waals surface area contributed by atoms with E-state index in [1.807, 2.05) is 0 Å². The third-order valence-corrected chi connectivity index (χ3v) is 4.79. The highest BCUT2D eigenvalue weighted by Gasteiger charge is 2.26. The molecule has 0 spiro atoms. The minimum atomic E-state index is -3.79. The smallest absolute Gasteiger partial charge is 0.321 e. The van der Waals surface area contributed by atoms with E-state index in [1.54, 1.807) is 6.07 Å². The van der Waals surface area contributed by atoms with Gasteiger partial charge < -0.3 is 10.1 Å². The number of rotatable bonds is 4. The normalized spacial score (nSPS) is 14.1. The molecule has 8 heteroatoms. The molecule has 1 N–H and O–H groups in total. The van der Waals surface area contributed by atoms with Gasteiger partial charge >= 0.3 is 5.97 Å². The lowest BCUT2D eigenvalue weighted by Gasteiger charge is -2.16. The number of likely N-dealkylation sites (N-methyl/N-ethyl adjacent to an activating group) is 1. The lowest BCUT2D eigenvalue weighted by Crippen LogP contribution is -2.32. The highest BCUT2D eigenvalue weighted by Crippen LogP contribution is 2.26. The van der Waals surface area contributed by atoms with Gasteiger partial charge in [-0.05, 0) is 23.8 Å². The number of sulfonamides is 1. The number of hydrogen-bond acceptors (Lipinski definition) is 5. The van der Waals surface area contributed by atoms with Crippen molar-refractivity contribution < 1.29 is 22.7 Å². The van der Waals surface area contributed by atoms with Crippen molar-refractivity contribution in [2.45, 2.75) is 11.3 Å². The minimum Gasteiger partial charge on any atom is -0.468 e. The van der Waals surface area contributed by atoms with E-state index >= 15 is 0 Å². The van der Waals surface area contributed by atoms with Crippen LogP contribution in [0, 0.1) is 0 Å². The Morgan fingerprint density at radius 1 is 1.45 bits per heavy atom. The van der Waals surface area contributed by atoms with E-state index < -0.39 is 16.0 Å². The van der Waals surface area contributed by atoms with Crippen LogP contribution in [-0.2, 0) is 30.8 Å². The van der Waals surface area contributed by atoms with E-state index in [0.717, 1.165) is 4.31 Å². The summed E-state index contributed by atoms with van der Waals surface area (Å²) in [5.41, 5.74) is 1.24. The minimum absolute atomic E-state index is 0.0409. The van der Waals surface area contributed by atoms with Crippen LogP contribution in [0.25, 0.3) is 0 Å². The van der Waals surface area contributed by atoms with Crippen LogP contribution in [0.4, 0.5) is 5.69 Å². The van der Waals surface area contributed by atoms with Gasteiger partial charge in [0.1, 0.15) is 6.54 Å². The Morgan fingerprint density at radius 2 is 2.15 bits per heavy atom. The molecule has 0 saturated heterocycles. The summed E-state index contributed by atoms with van der Waals surface area (Å²) in [6.45, 7) is -0.368. The van der Waals surface area contributed by atoms with Crippen molar-refractivity contribution in [1.82, 2.24) is 4.31 Å². The van der Waals surface area contributed by atoms with Crippen molar-refractivity contribution in [3.63, 3.8) is 0 Å².